The molecule has 1 saturated heterocycles. The number of rotatable bonds is 4. The van der Waals surface area contributed by atoms with Crippen LogP contribution in [-0.2, 0) is 13.6 Å². The second-order valence-electron chi connectivity index (χ2n) is 6.59. The number of aryl methyl sites for hydroxylation is 1. The molecule has 2 heterocycles. The van der Waals surface area contributed by atoms with Gasteiger partial charge in [-0.1, -0.05) is 25.1 Å². The molecule has 128 valence electrons. The number of aromatic nitrogens is 2. The fraction of sp³-hybridized carbons (Fsp3) is 0.444. The summed E-state index contributed by atoms with van der Waals surface area (Å²) in [5.41, 5.74) is 3.20. The van der Waals surface area contributed by atoms with Gasteiger partial charge in [0.25, 0.3) is 0 Å². The molecule has 1 aliphatic heterocycles. The average molecular weight is 328 g/mol. The Morgan fingerprint density at radius 3 is 2.88 bits per heavy atom. The average Bonchev–Trinajstić information content (AvgIpc) is 3.18. The summed E-state index contributed by atoms with van der Waals surface area (Å²) < 4.78 is 1.77. The largest absolute Gasteiger partial charge is 0.396 e. The number of amides is 2. The van der Waals surface area contributed by atoms with E-state index >= 15 is 0 Å². The molecule has 0 saturated carbocycles. The van der Waals surface area contributed by atoms with Gasteiger partial charge >= 0.3 is 6.03 Å². The molecule has 0 unspecified atom stereocenters. The first kappa shape index (κ1) is 16.5. The molecule has 6 nitrogen and oxygen atoms in total. The molecular weight excluding hydrogens is 304 g/mol. The van der Waals surface area contributed by atoms with E-state index in [4.69, 9.17) is 0 Å². The number of nitrogens with zero attached hydrogens (tertiary/aromatic N) is 3. The van der Waals surface area contributed by atoms with Gasteiger partial charge in [-0.15, -0.1) is 0 Å². The molecule has 1 fully saturated rings. The zero-order valence-electron chi connectivity index (χ0n) is 14.1. The summed E-state index contributed by atoms with van der Waals surface area (Å²) in [5.74, 6) is 0.527. The highest BCUT2D eigenvalue weighted by molar-refractivity contribution is 5.74. The predicted octanol–water partition coefficient (Wildman–Crippen LogP) is 1.86. The first-order valence-electron chi connectivity index (χ1n) is 8.28. The molecule has 0 aliphatic carbocycles. The third-order valence-electron chi connectivity index (χ3n) is 4.70. The van der Waals surface area contributed by atoms with Crippen LogP contribution in [0.25, 0.3) is 11.1 Å². The number of hydrogen-bond donors (Lipinski definition) is 2. The molecule has 24 heavy (non-hydrogen) atoms. The van der Waals surface area contributed by atoms with Crippen molar-refractivity contribution in [2.45, 2.75) is 13.5 Å². The number of likely N-dealkylation sites (tertiary alicyclic amines) is 1. The van der Waals surface area contributed by atoms with E-state index in [2.05, 4.69) is 23.4 Å². The molecule has 2 N–H and O–H groups in total. The molecule has 2 atom stereocenters. The molecule has 6 heteroatoms. The van der Waals surface area contributed by atoms with Crippen LogP contribution in [0.3, 0.4) is 0 Å². The minimum atomic E-state index is -0.0652. The second-order valence-corrected chi connectivity index (χ2v) is 6.59. The van der Waals surface area contributed by atoms with Crippen molar-refractivity contribution in [2.24, 2.45) is 18.9 Å². The van der Waals surface area contributed by atoms with Gasteiger partial charge in [-0.25, -0.2) is 4.79 Å². The Hall–Kier alpha value is -2.34. The highest BCUT2D eigenvalue weighted by Gasteiger charge is 2.31. The third-order valence-corrected chi connectivity index (χ3v) is 4.70. The molecule has 0 bridgehead atoms. The number of benzene rings is 1. The number of aliphatic hydroxyl groups excluding tert-OH is 1. The summed E-state index contributed by atoms with van der Waals surface area (Å²) in [6.07, 6.45) is 3.80. The van der Waals surface area contributed by atoms with Crippen molar-refractivity contribution >= 4 is 6.03 Å². The van der Waals surface area contributed by atoms with Crippen LogP contribution >= 0.6 is 0 Å². The summed E-state index contributed by atoms with van der Waals surface area (Å²) in [6, 6.07) is 8.04. The van der Waals surface area contributed by atoms with Crippen molar-refractivity contribution in [3.8, 4) is 11.1 Å². The maximum atomic E-state index is 12.3. The molecule has 2 amide bonds. The van der Waals surface area contributed by atoms with Crippen molar-refractivity contribution in [2.75, 3.05) is 19.7 Å². The van der Waals surface area contributed by atoms with Crippen LogP contribution in [0.1, 0.15) is 12.5 Å². The predicted molar refractivity (Wildman–Crippen MR) is 92.2 cm³/mol. The van der Waals surface area contributed by atoms with Crippen LogP contribution in [0.2, 0.25) is 0 Å². The molecule has 3 rings (SSSR count). The van der Waals surface area contributed by atoms with Gasteiger partial charge in [0.1, 0.15) is 0 Å². The van der Waals surface area contributed by atoms with Crippen LogP contribution in [0.5, 0.6) is 0 Å². The lowest BCUT2D eigenvalue weighted by Crippen LogP contribution is -2.38. The molecule has 2 aromatic rings. The van der Waals surface area contributed by atoms with Crippen molar-refractivity contribution in [3.63, 3.8) is 0 Å². The Morgan fingerprint density at radius 2 is 2.21 bits per heavy atom. The smallest absolute Gasteiger partial charge is 0.317 e. The lowest BCUT2D eigenvalue weighted by molar-refractivity contribution is 0.195. The normalized spacial score (nSPS) is 20.4. The van der Waals surface area contributed by atoms with Gasteiger partial charge in [0, 0.05) is 51.0 Å². The Labute approximate surface area is 142 Å². The van der Waals surface area contributed by atoms with E-state index in [1.165, 1.54) is 0 Å². The second kappa shape index (κ2) is 7.05. The minimum Gasteiger partial charge on any atom is -0.396 e. The number of aliphatic hydroxyl groups is 1. The Kier molecular flexibility index (Phi) is 4.85. The topological polar surface area (TPSA) is 70.4 Å². The van der Waals surface area contributed by atoms with E-state index in [1.807, 2.05) is 37.6 Å². The Balaban J connectivity index is 1.60. The van der Waals surface area contributed by atoms with Crippen molar-refractivity contribution < 1.29 is 9.90 Å². The summed E-state index contributed by atoms with van der Waals surface area (Å²) in [6.45, 7) is 4.03. The summed E-state index contributed by atoms with van der Waals surface area (Å²) in [4.78, 5) is 14.1. The number of carbonyl (C=O) groups excluding carboxylic acids is 1. The van der Waals surface area contributed by atoms with E-state index < -0.39 is 0 Å². The summed E-state index contributed by atoms with van der Waals surface area (Å²) >= 11 is 0. The number of nitrogens with one attached hydrogen (secondary N) is 1. The Bertz CT molecular complexity index is 713. The fourth-order valence-corrected chi connectivity index (χ4v) is 3.16. The maximum Gasteiger partial charge on any atom is 0.317 e. The molecule has 1 aromatic carbocycles. The van der Waals surface area contributed by atoms with Gasteiger partial charge in [-0.05, 0) is 23.1 Å². The van der Waals surface area contributed by atoms with E-state index in [0.29, 0.717) is 25.6 Å². The van der Waals surface area contributed by atoms with E-state index in [-0.39, 0.29) is 18.6 Å². The lowest BCUT2D eigenvalue weighted by atomic mass is 10.00. The van der Waals surface area contributed by atoms with Crippen LogP contribution in [0.15, 0.2) is 36.7 Å². The van der Waals surface area contributed by atoms with Gasteiger partial charge in [-0.3, -0.25) is 4.68 Å². The van der Waals surface area contributed by atoms with Crippen molar-refractivity contribution in [1.82, 2.24) is 20.0 Å². The van der Waals surface area contributed by atoms with Crippen LogP contribution < -0.4 is 5.32 Å². The van der Waals surface area contributed by atoms with E-state index in [0.717, 1.165) is 16.7 Å². The van der Waals surface area contributed by atoms with Gasteiger partial charge < -0.3 is 15.3 Å². The molecule has 0 radical (unpaired) electrons. The zero-order valence-corrected chi connectivity index (χ0v) is 14.1. The van der Waals surface area contributed by atoms with E-state index in [1.54, 1.807) is 9.58 Å². The Morgan fingerprint density at radius 1 is 1.38 bits per heavy atom. The van der Waals surface area contributed by atoms with E-state index in [9.17, 15) is 9.90 Å². The van der Waals surface area contributed by atoms with Gasteiger partial charge in [-0.2, -0.15) is 5.10 Å². The van der Waals surface area contributed by atoms with Gasteiger partial charge in [0.15, 0.2) is 0 Å². The fourth-order valence-electron chi connectivity index (χ4n) is 3.16. The van der Waals surface area contributed by atoms with Gasteiger partial charge in [0.05, 0.1) is 6.20 Å². The standard InChI is InChI=1S/C18H24N4O2/c1-13-9-22(11-17(13)12-23)18(24)19-7-14-4-3-5-15(6-14)16-8-20-21(2)10-16/h3-6,8,10,13,17,23H,7,9,11-12H2,1-2H3,(H,19,24)/t13-,17+/m1/s1. The summed E-state index contributed by atoms with van der Waals surface area (Å²) in [7, 11) is 1.89. The van der Waals surface area contributed by atoms with Gasteiger partial charge in [0.2, 0.25) is 0 Å². The van der Waals surface area contributed by atoms with Crippen LogP contribution in [-0.4, -0.2) is 45.5 Å². The number of hydrogen-bond acceptors (Lipinski definition) is 3. The first-order chi connectivity index (χ1) is 11.6. The molecular formula is C18H24N4O2. The van der Waals surface area contributed by atoms with Crippen LogP contribution in [0, 0.1) is 11.8 Å². The highest BCUT2D eigenvalue weighted by Crippen LogP contribution is 2.22. The van der Waals surface area contributed by atoms with Crippen molar-refractivity contribution in [3.05, 3.63) is 42.2 Å². The third kappa shape index (κ3) is 3.59. The SMILES string of the molecule is C[C@@H]1CN(C(=O)NCc2cccc(-c3cnn(C)c3)c2)C[C@H]1CO. The number of urea groups is 1. The zero-order chi connectivity index (χ0) is 17.1. The van der Waals surface area contributed by atoms with Crippen LogP contribution in [0.4, 0.5) is 4.79 Å². The minimum absolute atomic E-state index is 0.0652. The maximum absolute atomic E-state index is 12.3. The summed E-state index contributed by atoms with van der Waals surface area (Å²) in [5, 5.41) is 16.5. The lowest BCUT2D eigenvalue weighted by Gasteiger charge is -2.17. The monoisotopic (exact) mass is 328 g/mol. The quantitative estimate of drug-likeness (QED) is 0.900. The molecule has 1 aromatic heterocycles. The van der Waals surface area contributed by atoms with Crippen molar-refractivity contribution in [1.29, 1.82) is 0 Å². The first-order valence-corrected chi connectivity index (χ1v) is 8.28. The molecule has 1 aliphatic rings. The number of carbonyl (C=O) groups is 1. The highest BCUT2D eigenvalue weighted by atomic mass is 16.3. The molecule has 0 spiro atoms.